The highest BCUT2D eigenvalue weighted by molar-refractivity contribution is 5.79. The van der Waals surface area contributed by atoms with Crippen molar-refractivity contribution in [3.8, 4) is 11.5 Å². The van der Waals surface area contributed by atoms with Crippen LogP contribution in [-0.2, 0) is 18.3 Å². The van der Waals surface area contributed by atoms with Gasteiger partial charge in [-0.25, -0.2) is 4.98 Å². The lowest BCUT2D eigenvalue weighted by atomic mass is 10.1. The van der Waals surface area contributed by atoms with Gasteiger partial charge in [0.05, 0.1) is 24.4 Å². The van der Waals surface area contributed by atoms with Crippen molar-refractivity contribution >= 4 is 5.91 Å². The summed E-state index contributed by atoms with van der Waals surface area (Å²) in [6, 6.07) is 9.82. The van der Waals surface area contributed by atoms with Crippen LogP contribution in [-0.4, -0.2) is 32.1 Å². The van der Waals surface area contributed by atoms with Crippen molar-refractivity contribution in [1.29, 1.82) is 0 Å². The summed E-state index contributed by atoms with van der Waals surface area (Å²) in [6.45, 7) is 0.780. The number of benzene rings is 1. The van der Waals surface area contributed by atoms with E-state index < -0.39 is 0 Å². The number of carbonyl (C=O) groups is 1. The predicted octanol–water partition coefficient (Wildman–Crippen LogP) is 2.98. The molecule has 3 aromatic rings. The van der Waals surface area contributed by atoms with Crippen molar-refractivity contribution in [2.45, 2.75) is 25.3 Å². The van der Waals surface area contributed by atoms with Crippen molar-refractivity contribution in [3.05, 3.63) is 60.2 Å². The SMILES string of the molecule is Cn1cc([C@@H]2CCCN2C(=O)Cc2coc(-c3ccccc3)n2)cn1. The third kappa shape index (κ3) is 3.20. The summed E-state index contributed by atoms with van der Waals surface area (Å²) in [4.78, 5) is 19.2. The molecule has 25 heavy (non-hydrogen) atoms. The average molecular weight is 336 g/mol. The van der Waals surface area contributed by atoms with Gasteiger partial charge in [0.1, 0.15) is 6.26 Å². The maximum absolute atomic E-state index is 12.8. The van der Waals surface area contributed by atoms with Crippen LogP contribution in [0.1, 0.15) is 30.1 Å². The Labute approximate surface area is 146 Å². The van der Waals surface area contributed by atoms with Crippen LogP contribution in [0.25, 0.3) is 11.5 Å². The zero-order valence-corrected chi connectivity index (χ0v) is 14.1. The number of aromatic nitrogens is 3. The molecule has 1 atom stereocenters. The third-order valence-corrected chi connectivity index (χ3v) is 4.59. The maximum atomic E-state index is 12.8. The van der Waals surface area contributed by atoms with Crippen molar-refractivity contribution in [3.63, 3.8) is 0 Å². The molecule has 1 aliphatic rings. The van der Waals surface area contributed by atoms with Crippen LogP contribution in [0.2, 0.25) is 0 Å². The van der Waals surface area contributed by atoms with E-state index in [0.717, 1.165) is 30.5 Å². The second-order valence-corrected chi connectivity index (χ2v) is 6.38. The topological polar surface area (TPSA) is 64.2 Å². The lowest BCUT2D eigenvalue weighted by Crippen LogP contribution is -2.31. The molecule has 6 heteroatoms. The molecule has 2 aromatic heterocycles. The zero-order chi connectivity index (χ0) is 17.2. The summed E-state index contributed by atoms with van der Waals surface area (Å²) < 4.78 is 7.31. The standard InChI is InChI=1S/C19H20N4O2/c1-22-12-15(11-20-22)17-8-5-9-23(17)18(24)10-16-13-25-19(21-16)14-6-3-2-4-7-14/h2-4,6-7,11-13,17H,5,8-10H2,1H3/t17-/m0/s1. The van der Waals surface area contributed by atoms with Gasteiger partial charge in [0.2, 0.25) is 11.8 Å². The minimum atomic E-state index is 0.0827. The van der Waals surface area contributed by atoms with Crippen molar-refractivity contribution in [2.24, 2.45) is 7.05 Å². The molecule has 1 fully saturated rings. The number of nitrogens with zero attached hydrogens (tertiary/aromatic N) is 4. The zero-order valence-electron chi connectivity index (χ0n) is 14.1. The van der Waals surface area contributed by atoms with E-state index in [1.807, 2.05) is 54.7 Å². The number of oxazole rings is 1. The van der Waals surface area contributed by atoms with Gasteiger partial charge in [0.25, 0.3) is 0 Å². The highest BCUT2D eigenvalue weighted by Gasteiger charge is 2.31. The summed E-state index contributed by atoms with van der Waals surface area (Å²) in [6.07, 6.45) is 7.66. The first-order valence-corrected chi connectivity index (χ1v) is 8.48. The number of amides is 1. The molecule has 0 unspecified atom stereocenters. The minimum absolute atomic E-state index is 0.0827. The quantitative estimate of drug-likeness (QED) is 0.735. The van der Waals surface area contributed by atoms with E-state index in [2.05, 4.69) is 10.1 Å². The number of likely N-dealkylation sites (tertiary alicyclic amines) is 1. The fraction of sp³-hybridized carbons (Fsp3) is 0.316. The van der Waals surface area contributed by atoms with Crippen LogP contribution in [0.15, 0.2) is 53.4 Å². The van der Waals surface area contributed by atoms with Gasteiger partial charge < -0.3 is 9.32 Å². The van der Waals surface area contributed by atoms with Gasteiger partial charge in [0.15, 0.2) is 0 Å². The second-order valence-electron chi connectivity index (χ2n) is 6.38. The summed E-state index contributed by atoms with van der Waals surface area (Å²) in [5, 5.41) is 4.23. The fourth-order valence-electron chi connectivity index (χ4n) is 3.38. The van der Waals surface area contributed by atoms with Gasteiger partial charge in [-0.3, -0.25) is 9.48 Å². The Bertz CT molecular complexity index is 868. The van der Waals surface area contributed by atoms with Crippen LogP contribution >= 0.6 is 0 Å². The Kier molecular flexibility index (Phi) is 4.09. The molecule has 0 spiro atoms. The monoisotopic (exact) mass is 336 g/mol. The third-order valence-electron chi connectivity index (χ3n) is 4.59. The molecule has 0 N–H and O–H groups in total. The predicted molar refractivity (Wildman–Crippen MR) is 92.5 cm³/mol. The first-order chi connectivity index (χ1) is 12.2. The molecule has 128 valence electrons. The Morgan fingerprint density at radius 2 is 2.16 bits per heavy atom. The number of aryl methyl sites for hydroxylation is 1. The van der Waals surface area contributed by atoms with Gasteiger partial charge in [0, 0.05) is 30.9 Å². The molecular formula is C19H20N4O2. The molecule has 0 aliphatic carbocycles. The molecule has 6 nitrogen and oxygen atoms in total. The minimum Gasteiger partial charge on any atom is -0.444 e. The molecule has 0 radical (unpaired) electrons. The molecular weight excluding hydrogens is 316 g/mol. The Hall–Kier alpha value is -2.89. The Morgan fingerprint density at radius 3 is 2.92 bits per heavy atom. The van der Waals surface area contributed by atoms with E-state index in [1.165, 1.54) is 0 Å². The van der Waals surface area contributed by atoms with E-state index >= 15 is 0 Å². The number of hydrogen-bond acceptors (Lipinski definition) is 4. The smallest absolute Gasteiger partial charge is 0.229 e. The summed E-state index contributed by atoms with van der Waals surface area (Å²) >= 11 is 0. The Balaban J connectivity index is 1.47. The second kappa shape index (κ2) is 6.55. The van der Waals surface area contributed by atoms with E-state index in [1.54, 1.807) is 10.9 Å². The Morgan fingerprint density at radius 1 is 1.32 bits per heavy atom. The van der Waals surface area contributed by atoms with Crippen molar-refractivity contribution in [2.75, 3.05) is 6.54 Å². The fourth-order valence-corrected chi connectivity index (χ4v) is 3.38. The molecule has 1 saturated heterocycles. The molecule has 4 rings (SSSR count). The average Bonchev–Trinajstić information content (AvgIpc) is 3.35. The molecule has 1 aromatic carbocycles. The molecule has 3 heterocycles. The maximum Gasteiger partial charge on any atom is 0.229 e. The first kappa shape index (κ1) is 15.6. The largest absolute Gasteiger partial charge is 0.444 e. The van der Waals surface area contributed by atoms with Gasteiger partial charge in [-0.15, -0.1) is 0 Å². The highest BCUT2D eigenvalue weighted by atomic mass is 16.3. The van der Waals surface area contributed by atoms with Gasteiger partial charge in [-0.1, -0.05) is 18.2 Å². The van der Waals surface area contributed by atoms with Gasteiger partial charge in [-0.05, 0) is 25.0 Å². The summed E-state index contributed by atoms with van der Waals surface area (Å²) in [7, 11) is 1.89. The van der Waals surface area contributed by atoms with E-state index in [-0.39, 0.29) is 18.4 Å². The van der Waals surface area contributed by atoms with Crippen LogP contribution < -0.4 is 0 Å². The number of carbonyl (C=O) groups excluding carboxylic acids is 1. The van der Waals surface area contributed by atoms with Crippen molar-refractivity contribution in [1.82, 2.24) is 19.7 Å². The van der Waals surface area contributed by atoms with E-state index in [4.69, 9.17) is 4.42 Å². The van der Waals surface area contributed by atoms with Gasteiger partial charge in [-0.2, -0.15) is 5.10 Å². The normalized spacial score (nSPS) is 17.2. The van der Waals surface area contributed by atoms with Crippen LogP contribution in [0.5, 0.6) is 0 Å². The highest BCUT2D eigenvalue weighted by Crippen LogP contribution is 2.32. The van der Waals surface area contributed by atoms with E-state index in [0.29, 0.717) is 11.6 Å². The van der Waals surface area contributed by atoms with Crippen LogP contribution in [0, 0.1) is 0 Å². The van der Waals surface area contributed by atoms with E-state index in [9.17, 15) is 4.79 Å². The van der Waals surface area contributed by atoms with Crippen LogP contribution in [0.3, 0.4) is 0 Å². The van der Waals surface area contributed by atoms with Crippen molar-refractivity contribution < 1.29 is 9.21 Å². The van der Waals surface area contributed by atoms with Gasteiger partial charge >= 0.3 is 0 Å². The lowest BCUT2D eigenvalue weighted by molar-refractivity contribution is -0.131. The molecule has 0 bridgehead atoms. The number of rotatable bonds is 4. The lowest BCUT2D eigenvalue weighted by Gasteiger charge is -2.23. The van der Waals surface area contributed by atoms with Crippen LogP contribution in [0.4, 0.5) is 0 Å². The summed E-state index contributed by atoms with van der Waals surface area (Å²) in [5.41, 5.74) is 2.68. The summed E-state index contributed by atoms with van der Waals surface area (Å²) in [5.74, 6) is 0.632. The molecule has 1 amide bonds. The molecule has 0 saturated carbocycles. The molecule has 1 aliphatic heterocycles. The first-order valence-electron chi connectivity index (χ1n) is 8.48. The number of hydrogen-bond donors (Lipinski definition) is 0.